The van der Waals surface area contributed by atoms with Crippen LogP contribution >= 0.6 is 15.9 Å². The first kappa shape index (κ1) is 12.3. The second-order valence-corrected chi connectivity index (χ2v) is 4.69. The summed E-state index contributed by atoms with van der Waals surface area (Å²) in [4.78, 5) is 4.31. The van der Waals surface area contributed by atoms with Gasteiger partial charge in [-0.05, 0) is 34.5 Å². The molecule has 0 aliphatic heterocycles. The van der Waals surface area contributed by atoms with Gasteiger partial charge >= 0.3 is 0 Å². The van der Waals surface area contributed by atoms with Crippen molar-refractivity contribution in [2.45, 2.75) is 26.4 Å². The van der Waals surface area contributed by atoms with Crippen LogP contribution in [-0.4, -0.2) is 19.9 Å². The molecular formula is C12H14BrN3O. The maximum atomic E-state index is 9.27. The molecule has 0 saturated heterocycles. The number of rotatable bonds is 4. The Labute approximate surface area is 108 Å². The number of aliphatic hydroxyl groups is 1. The van der Waals surface area contributed by atoms with Crippen molar-refractivity contribution in [3.63, 3.8) is 0 Å². The highest BCUT2D eigenvalue weighted by Gasteiger charge is 2.11. The van der Waals surface area contributed by atoms with Crippen molar-refractivity contribution < 1.29 is 5.11 Å². The van der Waals surface area contributed by atoms with E-state index in [1.165, 1.54) is 0 Å². The zero-order chi connectivity index (χ0) is 12.3. The Morgan fingerprint density at radius 2 is 2.18 bits per heavy atom. The first-order valence-electron chi connectivity index (χ1n) is 5.54. The van der Waals surface area contributed by atoms with Gasteiger partial charge in [-0.2, -0.15) is 5.10 Å². The monoisotopic (exact) mass is 295 g/mol. The van der Waals surface area contributed by atoms with Gasteiger partial charge < -0.3 is 5.11 Å². The molecule has 5 heteroatoms. The first-order valence-corrected chi connectivity index (χ1v) is 6.34. The van der Waals surface area contributed by atoms with Crippen LogP contribution in [0.3, 0.4) is 0 Å². The Morgan fingerprint density at radius 1 is 1.35 bits per heavy atom. The maximum absolute atomic E-state index is 9.27. The van der Waals surface area contributed by atoms with E-state index in [0.29, 0.717) is 0 Å². The molecule has 2 rings (SSSR count). The molecule has 90 valence electrons. The maximum Gasteiger partial charge on any atom is 0.153 e. The predicted molar refractivity (Wildman–Crippen MR) is 69.0 cm³/mol. The summed E-state index contributed by atoms with van der Waals surface area (Å²) in [7, 11) is 0. The molecule has 17 heavy (non-hydrogen) atoms. The molecule has 0 amide bonds. The van der Waals surface area contributed by atoms with E-state index in [1.54, 1.807) is 17.1 Å². The van der Waals surface area contributed by atoms with E-state index in [2.05, 4.69) is 32.9 Å². The van der Waals surface area contributed by atoms with E-state index in [1.807, 2.05) is 12.1 Å². The smallest absolute Gasteiger partial charge is 0.153 e. The summed E-state index contributed by atoms with van der Waals surface area (Å²) < 4.78 is 2.73. The minimum Gasteiger partial charge on any atom is -0.392 e. The lowest BCUT2D eigenvalue weighted by Gasteiger charge is -2.07. The topological polar surface area (TPSA) is 50.9 Å². The first-order chi connectivity index (χ1) is 8.26. The number of nitrogens with zero attached hydrogens (tertiary/aromatic N) is 3. The predicted octanol–water partition coefficient (Wildman–Crippen LogP) is 2.47. The van der Waals surface area contributed by atoms with Gasteiger partial charge in [0.15, 0.2) is 5.82 Å². The highest BCUT2D eigenvalue weighted by molar-refractivity contribution is 9.10. The second kappa shape index (κ2) is 5.42. The van der Waals surface area contributed by atoms with Gasteiger partial charge in [-0.25, -0.2) is 9.67 Å². The van der Waals surface area contributed by atoms with Gasteiger partial charge in [0.1, 0.15) is 0 Å². The van der Waals surface area contributed by atoms with Gasteiger partial charge in [0.2, 0.25) is 0 Å². The molecule has 0 fully saturated rings. The van der Waals surface area contributed by atoms with Crippen LogP contribution in [0.25, 0.3) is 5.82 Å². The summed E-state index contributed by atoms with van der Waals surface area (Å²) in [6.07, 6.45) is 5.34. The molecule has 0 saturated carbocycles. The largest absolute Gasteiger partial charge is 0.392 e. The lowest BCUT2D eigenvalue weighted by Crippen LogP contribution is -2.05. The zero-order valence-corrected chi connectivity index (χ0v) is 11.2. The summed E-state index contributed by atoms with van der Waals surface area (Å²) in [6, 6.07) is 3.83. The lowest BCUT2D eigenvalue weighted by molar-refractivity contribution is 0.280. The number of aliphatic hydroxyl groups excluding tert-OH is 1. The van der Waals surface area contributed by atoms with E-state index in [0.717, 1.165) is 34.4 Å². The molecule has 1 N–H and O–H groups in total. The van der Waals surface area contributed by atoms with Crippen molar-refractivity contribution in [3.8, 4) is 5.82 Å². The summed E-state index contributed by atoms with van der Waals surface area (Å²) in [5, 5.41) is 13.6. The molecule has 0 aliphatic carbocycles. The molecule has 0 aliphatic rings. The highest BCUT2D eigenvalue weighted by atomic mass is 79.9. The molecule has 0 spiro atoms. The third-order valence-electron chi connectivity index (χ3n) is 2.54. The summed E-state index contributed by atoms with van der Waals surface area (Å²) in [5.41, 5.74) is 1.90. The molecular weight excluding hydrogens is 282 g/mol. The fraction of sp³-hybridized carbons (Fsp3) is 0.333. The van der Waals surface area contributed by atoms with Crippen LogP contribution in [0.2, 0.25) is 0 Å². The quantitative estimate of drug-likeness (QED) is 0.943. The average Bonchev–Trinajstić information content (AvgIpc) is 2.74. The minimum atomic E-state index is 0.0197. The van der Waals surface area contributed by atoms with Crippen molar-refractivity contribution in [3.05, 3.63) is 40.3 Å². The van der Waals surface area contributed by atoms with Gasteiger partial charge in [-0.15, -0.1) is 0 Å². The molecule has 0 bridgehead atoms. The molecule has 2 aromatic heterocycles. The van der Waals surface area contributed by atoms with E-state index in [9.17, 15) is 5.11 Å². The third-order valence-corrected chi connectivity index (χ3v) is 3.01. The van der Waals surface area contributed by atoms with Gasteiger partial charge in [0.25, 0.3) is 0 Å². The van der Waals surface area contributed by atoms with Crippen LogP contribution in [0.4, 0.5) is 0 Å². The fourth-order valence-corrected chi connectivity index (χ4v) is 1.97. The Balaban J connectivity index is 2.43. The van der Waals surface area contributed by atoms with Crippen molar-refractivity contribution in [1.82, 2.24) is 14.8 Å². The van der Waals surface area contributed by atoms with Gasteiger partial charge in [-0.1, -0.05) is 13.3 Å². The summed E-state index contributed by atoms with van der Waals surface area (Å²) in [6.45, 7) is 2.12. The van der Waals surface area contributed by atoms with E-state index in [4.69, 9.17) is 0 Å². The second-order valence-electron chi connectivity index (χ2n) is 3.77. The standard InChI is InChI=1S/C12H14BrN3O/c1-2-3-11-9(8-17)6-15-16(11)12-5-4-10(13)7-14-12/h4-7,17H,2-3,8H2,1H3. The molecule has 4 nitrogen and oxygen atoms in total. The SMILES string of the molecule is CCCc1c(CO)cnn1-c1ccc(Br)cn1. The zero-order valence-electron chi connectivity index (χ0n) is 9.60. The van der Waals surface area contributed by atoms with Crippen molar-refractivity contribution in [2.24, 2.45) is 0 Å². The Kier molecular flexibility index (Phi) is 3.91. The van der Waals surface area contributed by atoms with Crippen LogP contribution in [0.5, 0.6) is 0 Å². The minimum absolute atomic E-state index is 0.0197. The third kappa shape index (κ3) is 2.56. The molecule has 0 atom stereocenters. The van der Waals surface area contributed by atoms with Crippen LogP contribution in [0, 0.1) is 0 Å². The van der Waals surface area contributed by atoms with Crippen molar-refractivity contribution >= 4 is 15.9 Å². The molecule has 2 aromatic rings. The van der Waals surface area contributed by atoms with E-state index in [-0.39, 0.29) is 6.61 Å². The van der Waals surface area contributed by atoms with Gasteiger partial charge in [-0.3, -0.25) is 0 Å². The molecule has 2 heterocycles. The van der Waals surface area contributed by atoms with E-state index < -0.39 is 0 Å². The van der Waals surface area contributed by atoms with Crippen LogP contribution in [0.15, 0.2) is 29.0 Å². The normalized spacial score (nSPS) is 10.8. The summed E-state index contributed by atoms with van der Waals surface area (Å²) >= 11 is 3.35. The fourth-order valence-electron chi connectivity index (χ4n) is 1.73. The van der Waals surface area contributed by atoms with E-state index >= 15 is 0 Å². The average molecular weight is 296 g/mol. The Bertz CT molecular complexity index is 493. The van der Waals surface area contributed by atoms with Crippen molar-refractivity contribution in [1.29, 1.82) is 0 Å². The molecule has 0 radical (unpaired) electrons. The van der Waals surface area contributed by atoms with Crippen LogP contribution in [-0.2, 0) is 13.0 Å². The van der Waals surface area contributed by atoms with Crippen LogP contribution < -0.4 is 0 Å². The Morgan fingerprint density at radius 3 is 2.76 bits per heavy atom. The number of pyridine rings is 1. The van der Waals surface area contributed by atoms with Gasteiger partial charge in [0, 0.05) is 16.2 Å². The summed E-state index contributed by atoms with van der Waals surface area (Å²) in [5.74, 6) is 0.774. The van der Waals surface area contributed by atoms with Gasteiger partial charge in [0.05, 0.1) is 18.5 Å². The van der Waals surface area contributed by atoms with Crippen LogP contribution in [0.1, 0.15) is 24.6 Å². The highest BCUT2D eigenvalue weighted by Crippen LogP contribution is 2.17. The number of aromatic nitrogens is 3. The number of hydrogen-bond donors (Lipinski definition) is 1. The Hall–Kier alpha value is -1.20. The molecule has 0 aromatic carbocycles. The number of halogens is 1. The lowest BCUT2D eigenvalue weighted by atomic mass is 10.2. The number of hydrogen-bond acceptors (Lipinski definition) is 3. The van der Waals surface area contributed by atoms with Crippen molar-refractivity contribution in [2.75, 3.05) is 0 Å². The molecule has 0 unspecified atom stereocenters.